The van der Waals surface area contributed by atoms with Gasteiger partial charge in [0, 0.05) is 5.25 Å². The van der Waals surface area contributed by atoms with Crippen molar-refractivity contribution >= 4 is 11.8 Å². The molecule has 0 aliphatic heterocycles. The van der Waals surface area contributed by atoms with Crippen LogP contribution in [0.5, 0.6) is 0 Å². The van der Waals surface area contributed by atoms with E-state index in [0.29, 0.717) is 0 Å². The van der Waals surface area contributed by atoms with Gasteiger partial charge in [-0.15, -0.1) is 0 Å². The van der Waals surface area contributed by atoms with E-state index in [-0.39, 0.29) is 0 Å². The highest BCUT2D eigenvalue weighted by atomic mass is 32.2. The second-order valence-corrected chi connectivity index (χ2v) is 4.81. The second-order valence-electron chi connectivity index (χ2n) is 3.67. The van der Waals surface area contributed by atoms with Crippen molar-refractivity contribution in [2.75, 3.05) is 6.26 Å². The number of thioether (sulfide) groups is 1. The molecule has 10 heavy (non-hydrogen) atoms. The minimum absolute atomic E-state index is 0.914. The zero-order chi connectivity index (χ0) is 7.56. The third-order valence-electron chi connectivity index (χ3n) is 2.70. The van der Waals surface area contributed by atoms with Crippen molar-refractivity contribution in [2.45, 2.75) is 38.4 Å². The zero-order valence-electron chi connectivity index (χ0n) is 7.26. The number of hydrogen-bond donors (Lipinski definition) is 0. The lowest BCUT2D eigenvalue weighted by Crippen LogP contribution is -2.04. The van der Waals surface area contributed by atoms with Crippen LogP contribution in [0.15, 0.2) is 0 Å². The van der Waals surface area contributed by atoms with Crippen LogP contribution in [-0.4, -0.2) is 11.5 Å². The van der Waals surface area contributed by atoms with Crippen molar-refractivity contribution in [1.82, 2.24) is 0 Å². The SMILES string of the molecule is CSC1CCC(C(C)C)C1. The lowest BCUT2D eigenvalue weighted by molar-refractivity contribution is 0.397. The molecular weight excluding hydrogens is 140 g/mol. The van der Waals surface area contributed by atoms with Crippen LogP contribution >= 0.6 is 11.8 Å². The van der Waals surface area contributed by atoms with Crippen molar-refractivity contribution in [3.05, 3.63) is 0 Å². The van der Waals surface area contributed by atoms with Crippen LogP contribution in [0.4, 0.5) is 0 Å². The number of hydrogen-bond acceptors (Lipinski definition) is 1. The first-order valence-corrected chi connectivity index (χ1v) is 5.55. The summed E-state index contributed by atoms with van der Waals surface area (Å²) in [5.41, 5.74) is 0. The monoisotopic (exact) mass is 158 g/mol. The van der Waals surface area contributed by atoms with Crippen LogP contribution in [0.25, 0.3) is 0 Å². The molecule has 0 nitrogen and oxygen atoms in total. The van der Waals surface area contributed by atoms with E-state index in [4.69, 9.17) is 0 Å². The molecule has 0 radical (unpaired) electrons. The largest absolute Gasteiger partial charge is 0.162 e. The highest BCUT2D eigenvalue weighted by Gasteiger charge is 2.25. The van der Waals surface area contributed by atoms with Crippen molar-refractivity contribution in [1.29, 1.82) is 0 Å². The van der Waals surface area contributed by atoms with E-state index in [1.54, 1.807) is 0 Å². The lowest BCUT2D eigenvalue weighted by Gasteiger charge is -2.13. The molecule has 0 N–H and O–H groups in total. The maximum atomic E-state index is 2.35. The Balaban J connectivity index is 2.28. The van der Waals surface area contributed by atoms with E-state index >= 15 is 0 Å². The Labute approximate surface area is 68.8 Å². The Kier molecular flexibility index (Phi) is 3.09. The lowest BCUT2D eigenvalue weighted by atomic mass is 9.95. The first-order valence-electron chi connectivity index (χ1n) is 4.26. The van der Waals surface area contributed by atoms with Crippen molar-refractivity contribution < 1.29 is 0 Å². The van der Waals surface area contributed by atoms with Crippen molar-refractivity contribution in [3.8, 4) is 0 Å². The molecular formula is C9H18S. The molecule has 1 heteroatoms. The summed E-state index contributed by atoms with van der Waals surface area (Å²) in [6.45, 7) is 4.71. The standard InChI is InChI=1S/C9H18S/c1-7(2)8-4-5-9(6-8)10-3/h7-9H,4-6H2,1-3H3. The van der Waals surface area contributed by atoms with Crippen LogP contribution in [0.2, 0.25) is 0 Å². The molecule has 0 aromatic heterocycles. The Morgan fingerprint density at radius 2 is 2.00 bits per heavy atom. The molecule has 2 atom stereocenters. The summed E-state index contributed by atoms with van der Waals surface area (Å²) in [7, 11) is 0. The molecule has 0 saturated heterocycles. The first kappa shape index (κ1) is 8.45. The predicted octanol–water partition coefficient (Wildman–Crippen LogP) is 3.17. The summed E-state index contributed by atoms with van der Waals surface area (Å²) in [5, 5.41) is 0.979. The third-order valence-corrected chi connectivity index (χ3v) is 3.80. The molecule has 1 aliphatic rings. The van der Waals surface area contributed by atoms with Gasteiger partial charge in [-0.1, -0.05) is 13.8 Å². The van der Waals surface area contributed by atoms with Crippen LogP contribution in [0.1, 0.15) is 33.1 Å². The second kappa shape index (κ2) is 3.66. The summed E-state index contributed by atoms with van der Waals surface area (Å²) in [6.07, 6.45) is 6.65. The molecule has 0 heterocycles. The first-order chi connectivity index (χ1) is 4.74. The van der Waals surface area contributed by atoms with Gasteiger partial charge in [0.1, 0.15) is 0 Å². The van der Waals surface area contributed by atoms with Crippen LogP contribution in [0.3, 0.4) is 0 Å². The topological polar surface area (TPSA) is 0 Å². The quantitative estimate of drug-likeness (QED) is 0.595. The molecule has 0 aromatic rings. The molecule has 2 unspecified atom stereocenters. The van der Waals surface area contributed by atoms with Gasteiger partial charge in [-0.05, 0) is 37.4 Å². The maximum absolute atomic E-state index is 2.35. The fraction of sp³-hybridized carbons (Fsp3) is 1.00. The Morgan fingerprint density at radius 3 is 2.30 bits per heavy atom. The van der Waals surface area contributed by atoms with Crippen LogP contribution in [0, 0.1) is 11.8 Å². The van der Waals surface area contributed by atoms with Gasteiger partial charge in [0.05, 0.1) is 0 Å². The van der Waals surface area contributed by atoms with Gasteiger partial charge >= 0.3 is 0 Å². The fourth-order valence-electron chi connectivity index (χ4n) is 1.79. The minimum Gasteiger partial charge on any atom is -0.162 e. The smallest absolute Gasteiger partial charge is 0.00471 e. The van der Waals surface area contributed by atoms with E-state index in [2.05, 4.69) is 31.9 Å². The summed E-state index contributed by atoms with van der Waals surface area (Å²) in [6, 6.07) is 0. The molecule has 0 spiro atoms. The zero-order valence-corrected chi connectivity index (χ0v) is 8.08. The van der Waals surface area contributed by atoms with Gasteiger partial charge in [0.2, 0.25) is 0 Å². The van der Waals surface area contributed by atoms with E-state index in [1.165, 1.54) is 19.3 Å². The number of rotatable bonds is 2. The maximum Gasteiger partial charge on any atom is 0.00471 e. The van der Waals surface area contributed by atoms with E-state index < -0.39 is 0 Å². The van der Waals surface area contributed by atoms with Gasteiger partial charge < -0.3 is 0 Å². The molecule has 0 amide bonds. The van der Waals surface area contributed by atoms with Crippen LogP contribution < -0.4 is 0 Å². The molecule has 1 rings (SSSR count). The minimum atomic E-state index is 0.914. The van der Waals surface area contributed by atoms with E-state index in [1.807, 2.05) is 0 Å². The summed E-state index contributed by atoms with van der Waals surface area (Å²) < 4.78 is 0. The van der Waals surface area contributed by atoms with Gasteiger partial charge in [-0.3, -0.25) is 0 Å². The fourth-order valence-corrected chi connectivity index (χ4v) is 2.60. The molecule has 1 saturated carbocycles. The predicted molar refractivity (Wildman–Crippen MR) is 49.5 cm³/mol. The Morgan fingerprint density at radius 1 is 1.30 bits per heavy atom. The van der Waals surface area contributed by atoms with Gasteiger partial charge in [0.15, 0.2) is 0 Å². The van der Waals surface area contributed by atoms with Gasteiger partial charge in [-0.2, -0.15) is 11.8 Å². The molecule has 0 aromatic carbocycles. The third kappa shape index (κ3) is 1.91. The highest BCUT2D eigenvalue weighted by Crippen LogP contribution is 2.36. The molecule has 1 fully saturated rings. The molecule has 0 bridgehead atoms. The average molecular weight is 158 g/mol. The van der Waals surface area contributed by atoms with E-state index in [9.17, 15) is 0 Å². The normalized spacial score (nSPS) is 33.6. The summed E-state index contributed by atoms with van der Waals surface area (Å²) in [5.74, 6) is 1.94. The van der Waals surface area contributed by atoms with E-state index in [0.717, 1.165) is 17.1 Å². The van der Waals surface area contributed by atoms with Gasteiger partial charge in [0.25, 0.3) is 0 Å². The van der Waals surface area contributed by atoms with Crippen molar-refractivity contribution in [2.24, 2.45) is 11.8 Å². The van der Waals surface area contributed by atoms with Crippen LogP contribution in [-0.2, 0) is 0 Å². The Hall–Kier alpha value is 0.350. The van der Waals surface area contributed by atoms with Gasteiger partial charge in [-0.25, -0.2) is 0 Å². The molecule has 1 aliphatic carbocycles. The summed E-state index contributed by atoms with van der Waals surface area (Å²) in [4.78, 5) is 0. The highest BCUT2D eigenvalue weighted by molar-refractivity contribution is 7.99. The molecule has 60 valence electrons. The Bertz CT molecular complexity index is 98.9. The van der Waals surface area contributed by atoms with Crippen molar-refractivity contribution in [3.63, 3.8) is 0 Å². The average Bonchev–Trinajstić information content (AvgIpc) is 2.34. The summed E-state index contributed by atoms with van der Waals surface area (Å²) >= 11 is 2.05.